The first-order valence-corrected chi connectivity index (χ1v) is 4.53. The summed E-state index contributed by atoms with van der Waals surface area (Å²) in [5, 5.41) is 21.4. The maximum atomic E-state index is 10.7. The van der Waals surface area contributed by atoms with Crippen molar-refractivity contribution in [3.05, 3.63) is 0 Å². The molecule has 0 N–H and O–H groups in total. The van der Waals surface area contributed by atoms with Gasteiger partial charge in [0.05, 0.1) is 0 Å². The van der Waals surface area contributed by atoms with E-state index in [-0.39, 0.29) is 49.6 Å². The largest absolute Gasteiger partial charge is 2.00 e. The average molecular weight is 222 g/mol. The third-order valence-electron chi connectivity index (χ3n) is 3.46. The Morgan fingerprint density at radius 1 is 0.929 bits per heavy atom. The fraction of sp³-hybridized carbons (Fsp3) is 0.778. The Morgan fingerprint density at radius 2 is 1.29 bits per heavy atom. The number of carboxylic acids is 2. The van der Waals surface area contributed by atoms with Gasteiger partial charge in [-0.3, -0.25) is 0 Å². The quantitative estimate of drug-likeness (QED) is 0.495. The molecule has 0 aliphatic heterocycles. The SMILES string of the molecule is O=C([O-])[C@@H]1[C@@H]2CC[C@@H](C2)[C@@H]1C(=O)[O-].[Ca+2]. The minimum atomic E-state index is -1.22. The second kappa shape index (κ2) is 4.37. The standard InChI is InChI=1S/C9H12O4.Ca/c10-8(11)6-4-1-2-5(3-4)7(6)9(12)13;/h4-7H,1-3H2,(H,10,11)(H,12,13);/q;+2/p-2/t4-,5+,6-,7+;. The Kier molecular flexibility index (Phi) is 3.83. The number of fused-ring (bicyclic) bond motifs is 2. The Hall–Kier alpha value is 0.200. The number of hydrogen-bond acceptors (Lipinski definition) is 4. The summed E-state index contributed by atoms with van der Waals surface area (Å²) >= 11 is 0. The topological polar surface area (TPSA) is 80.3 Å². The molecule has 0 unspecified atom stereocenters. The van der Waals surface area contributed by atoms with E-state index in [1.54, 1.807) is 0 Å². The van der Waals surface area contributed by atoms with Crippen LogP contribution in [0.1, 0.15) is 19.3 Å². The van der Waals surface area contributed by atoms with Crippen molar-refractivity contribution < 1.29 is 19.8 Å². The molecule has 0 heterocycles. The summed E-state index contributed by atoms with van der Waals surface area (Å²) in [6.45, 7) is 0. The molecule has 5 heteroatoms. The molecular formula is C9H10CaO4. The van der Waals surface area contributed by atoms with Crippen molar-refractivity contribution in [1.29, 1.82) is 0 Å². The molecule has 2 aliphatic carbocycles. The Labute approximate surface area is 112 Å². The van der Waals surface area contributed by atoms with Gasteiger partial charge in [-0.05, 0) is 31.1 Å². The van der Waals surface area contributed by atoms with Gasteiger partial charge in [0.2, 0.25) is 0 Å². The van der Waals surface area contributed by atoms with Crippen molar-refractivity contribution in [3.63, 3.8) is 0 Å². The Balaban J connectivity index is 0.000000980. The minimum absolute atomic E-state index is 0. The molecule has 2 aliphatic rings. The smallest absolute Gasteiger partial charge is 0.550 e. The van der Waals surface area contributed by atoms with Crippen molar-refractivity contribution in [1.82, 2.24) is 0 Å². The summed E-state index contributed by atoms with van der Waals surface area (Å²) in [5.74, 6) is -4.02. The third kappa shape index (κ3) is 1.79. The fourth-order valence-electron chi connectivity index (χ4n) is 2.97. The molecule has 72 valence electrons. The summed E-state index contributed by atoms with van der Waals surface area (Å²) in [6, 6.07) is 0. The second-order valence-electron chi connectivity index (χ2n) is 4.02. The average Bonchev–Trinajstić information content (AvgIpc) is 2.60. The maximum Gasteiger partial charge on any atom is 2.00 e. The number of carbonyl (C=O) groups is 2. The Bertz CT molecular complexity index is 240. The van der Waals surface area contributed by atoms with Gasteiger partial charge in [-0.1, -0.05) is 0 Å². The zero-order valence-corrected chi connectivity index (χ0v) is 9.98. The van der Waals surface area contributed by atoms with E-state index in [0.29, 0.717) is 0 Å². The van der Waals surface area contributed by atoms with Crippen LogP contribution in [0.3, 0.4) is 0 Å². The summed E-state index contributed by atoms with van der Waals surface area (Å²) < 4.78 is 0. The minimum Gasteiger partial charge on any atom is -0.550 e. The van der Waals surface area contributed by atoms with Crippen LogP contribution in [0.2, 0.25) is 0 Å². The molecule has 4 nitrogen and oxygen atoms in total. The first kappa shape index (κ1) is 12.3. The van der Waals surface area contributed by atoms with E-state index in [2.05, 4.69) is 0 Å². The molecule has 2 saturated carbocycles. The first-order chi connectivity index (χ1) is 6.11. The van der Waals surface area contributed by atoms with Gasteiger partial charge in [0, 0.05) is 23.8 Å². The van der Waals surface area contributed by atoms with Crippen LogP contribution in [-0.2, 0) is 9.59 Å². The molecule has 0 spiro atoms. The molecule has 2 bridgehead atoms. The predicted molar refractivity (Wildman–Crippen MR) is 43.6 cm³/mol. The normalized spacial score (nSPS) is 39.1. The summed E-state index contributed by atoms with van der Waals surface area (Å²) in [7, 11) is 0. The number of hydrogen-bond donors (Lipinski definition) is 0. The van der Waals surface area contributed by atoms with Crippen LogP contribution in [0.25, 0.3) is 0 Å². The van der Waals surface area contributed by atoms with E-state index in [0.717, 1.165) is 19.3 Å². The van der Waals surface area contributed by atoms with Gasteiger partial charge in [0.25, 0.3) is 0 Å². The van der Waals surface area contributed by atoms with E-state index < -0.39 is 23.8 Å². The molecule has 4 atom stereocenters. The van der Waals surface area contributed by atoms with Crippen molar-refractivity contribution in [2.75, 3.05) is 0 Å². The zero-order chi connectivity index (χ0) is 9.59. The molecule has 2 fully saturated rings. The molecule has 0 aromatic rings. The van der Waals surface area contributed by atoms with Crippen molar-refractivity contribution in [2.45, 2.75) is 19.3 Å². The molecule has 0 aromatic carbocycles. The fourth-order valence-corrected chi connectivity index (χ4v) is 2.97. The molecule has 0 radical (unpaired) electrons. The Morgan fingerprint density at radius 3 is 1.57 bits per heavy atom. The first-order valence-electron chi connectivity index (χ1n) is 4.53. The van der Waals surface area contributed by atoms with E-state index >= 15 is 0 Å². The van der Waals surface area contributed by atoms with Gasteiger partial charge in [-0.25, -0.2) is 0 Å². The van der Waals surface area contributed by atoms with Crippen molar-refractivity contribution in [2.24, 2.45) is 23.7 Å². The van der Waals surface area contributed by atoms with Crippen LogP contribution in [0.4, 0.5) is 0 Å². The van der Waals surface area contributed by atoms with Crippen LogP contribution < -0.4 is 10.2 Å². The summed E-state index contributed by atoms with van der Waals surface area (Å²) in [6.07, 6.45) is 2.37. The maximum absolute atomic E-state index is 10.7. The summed E-state index contributed by atoms with van der Waals surface area (Å²) in [5.41, 5.74) is 0. The van der Waals surface area contributed by atoms with Crippen LogP contribution >= 0.6 is 0 Å². The second-order valence-corrected chi connectivity index (χ2v) is 4.02. The van der Waals surface area contributed by atoms with Crippen LogP contribution in [0.15, 0.2) is 0 Å². The number of carbonyl (C=O) groups excluding carboxylic acids is 2. The number of carboxylic acid groups (broad SMARTS) is 2. The number of aliphatic carboxylic acids is 2. The molecule has 0 amide bonds. The van der Waals surface area contributed by atoms with Gasteiger partial charge in [0.1, 0.15) is 0 Å². The zero-order valence-electron chi connectivity index (χ0n) is 7.77. The predicted octanol–water partition coefficient (Wildman–Crippen LogP) is -2.23. The van der Waals surface area contributed by atoms with E-state index in [4.69, 9.17) is 0 Å². The molecule has 0 aromatic heterocycles. The molecule has 14 heavy (non-hydrogen) atoms. The van der Waals surface area contributed by atoms with E-state index in [1.165, 1.54) is 0 Å². The summed E-state index contributed by atoms with van der Waals surface area (Å²) in [4.78, 5) is 21.4. The molecule has 2 rings (SSSR count). The van der Waals surface area contributed by atoms with Crippen LogP contribution in [0, 0.1) is 23.7 Å². The monoisotopic (exact) mass is 222 g/mol. The van der Waals surface area contributed by atoms with Crippen LogP contribution in [-0.4, -0.2) is 49.7 Å². The van der Waals surface area contributed by atoms with Crippen LogP contribution in [0.5, 0.6) is 0 Å². The molecule has 0 saturated heterocycles. The van der Waals surface area contributed by atoms with E-state index in [1.807, 2.05) is 0 Å². The van der Waals surface area contributed by atoms with Crippen molar-refractivity contribution in [3.8, 4) is 0 Å². The van der Waals surface area contributed by atoms with Gasteiger partial charge < -0.3 is 19.8 Å². The molecular weight excluding hydrogens is 212 g/mol. The van der Waals surface area contributed by atoms with Crippen molar-refractivity contribution >= 4 is 49.7 Å². The van der Waals surface area contributed by atoms with Gasteiger partial charge in [0.15, 0.2) is 0 Å². The van der Waals surface area contributed by atoms with Gasteiger partial charge in [-0.15, -0.1) is 0 Å². The third-order valence-corrected chi connectivity index (χ3v) is 3.46. The number of rotatable bonds is 2. The van der Waals surface area contributed by atoms with E-state index in [9.17, 15) is 19.8 Å². The van der Waals surface area contributed by atoms with Gasteiger partial charge in [-0.2, -0.15) is 0 Å². The van der Waals surface area contributed by atoms with Gasteiger partial charge >= 0.3 is 37.7 Å².